The van der Waals surface area contributed by atoms with Gasteiger partial charge in [0.25, 0.3) is 0 Å². The van der Waals surface area contributed by atoms with E-state index in [4.69, 9.17) is 22.4 Å². The van der Waals surface area contributed by atoms with Gasteiger partial charge in [-0.3, -0.25) is 14.4 Å². The predicted octanol–water partition coefficient (Wildman–Crippen LogP) is 1.23. The number of aromatic nitrogens is 1. The average Bonchev–Trinajstić information content (AvgIpc) is 2.93. The number of carboxylic acid groups (broad SMARTS) is 1. The van der Waals surface area contributed by atoms with Crippen molar-refractivity contribution in [3.63, 3.8) is 0 Å². The second-order valence-electron chi connectivity index (χ2n) is 4.94. The van der Waals surface area contributed by atoms with Crippen LogP contribution in [-0.4, -0.2) is 34.4 Å². The number of hydrogen-bond acceptors (Lipinski definition) is 5. The molecule has 1 aromatic heterocycles. The zero-order chi connectivity index (χ0) is 17.7. The molecule has 24 heavy (non-hydrogen) atoms. The van der Waals surface area contributed by atoms with Gasteiger partial charge in [-0.05, 0) is 17.7 Å². The summed E-state index contributed by atoms with van der Waals surface area (Å²) in [5.74, 6) is -2.02. The normalized spacial score (nSPS) is 10.4. The molecule has 7 nitrogen and oxygen atoms in total. The SMILES string of the molecule is NC(=O)Cc1cc(Cl)ccc1-c1nc(CC(=O)NCC(=O)O)cs1. The molecule has 0 bridgehead atoms. The molecule has 1 heterocycles. The van der Waals surface area contributed by atoms with Crippen molar-refractivity contribution in [2.45, 2.75) is 12.8 Å². The fraction of sp³-hybridized carbons (Fsp3) is 0.200. The third-order valence-electron chi connectivity index (χ3n) is 2.99. The lowest BCUT2D eigenvalue weighted by Crippen LogP contribution is -2.30. The van der Waals surface area contributed by atoms with Crippen LogP contribution < -0.4 is 11.1 Å². The van der Waals surface area contributed by atoms with Gasteiger partial charge in [-0.2, -0.15) is 0 Å². The summed E-state index contributed by atoms with van der Waals surface area (Å²) in [6.45, 7) is -0.435. The van der Waals surface area contributed by atoms with Crippen LogP contribution in [0.2, 0.25) is 5.02 Å². The molecular formula is C15H14ClN3O4S. The van der Waals surface area contributed by atoms with E-state index in [-0.39, 0.29) is 12.8 Å². The first kappa shape index (κ1) is 17.9. The number of hydrogen-bond donors (Lipinski definition) is 3. The minimum absolute atomic E-state index is 0.0253. The number of halogens is 1. The highest BCUT2D eigenvalue weighted by Gasteiger charge is 2.14. The number of carboxylic acids is 1. The number of nitrogens with one attached hydrogen (secondary N) is 1. The van der Waals surface area contributed by atoms with E-state index >= 15 is 0 Å². The van der Waals surface area contributed by atoms with Crippen LogP contribution in [0, 0.1) is 0 Å². The van der Waals surface area contributed by atoms with Gasteiger partial charge in [0, 0.05) is 16.0 Å². The largest absolute Gasteiger partial charge is 0.480 e. The Kier molecular flexibility index (Phi) is 5.88. The number of aliphatic carboxylic acids is 1. The Morgan fingerprint density at radius 2 is 2.04 bits per heavy atom. The van der Waals surface area contributed by atoms with Gasteiger partial charge in [-0.1, -0.05) is 17.7 Å². The minimum atomic E-state index is -1.11. The Morgan fingerprint density at radius 3 is 2.71 bits per heavy atom. The maximum atomic E-state index is 11.6. The van der Waals surface area contributed by atoms with Gasteiger partial charge in [0.05, 0.1) is 18.5 Å². The first-order valence-corrected chi connectivity index (χ1v) is 8.11. The van der Waals surface area contributed by atoms with Gasteiger partial charge >= 0.3 is 5.97 Å². The maximum absolute atomic E-state index is 11.6. The molecule has 0 atom stereocenters. The van der Waals surface area contributed by atoms with E-state index in [0.717, 1.165) is 5.56 Å². The van der Waals surface area contributed by atoms with Gasteiger partial charge < -0.3 is 16.2 Å². The lowest BCUT2D eigenvalue weighted by atomic mass is 10.0. The Morgan fingerprint density at radius 1 is 1.29 bits per heavy atom. The molecule has 0 unspecified atom stereocenters. The van der Waals surface area contributed by atoms with Gasteiger partial charge in [-0.15, -0.1) is 11.3 Å². The van der Waals surface area contributed by atoms with E-state index < -0.39 is 24.3 Å². The summed E-state index contributed by atoms with van der Waals surface area (Å²) in [5, 5.41) is 13.6. The highest BCUT2D eigenvalue weighted by molar-refractivity contribution is 7.13. The number of rotatable bonds is 7. The quantitative estimate of drug-likeness (QED) is 0.679. The third kappa shape index (κ3) is 5.04. The molecule has 2 rings (SSSR count). The Hall–Kier alpha value is -2.45. The summed E-state index contributed by atoms with van der Waals surface area (Å²) in [5.41, 5.74) is 7.14. The summed E-state index contributed by atoms with van der Waals surface area (Å²) >= 11 is 7.27. The van der Waals surface area contributed by atoms with Gasteiger partial charge in [-0.25, -0.2) is 4.98 Å². The van der Waals surface area contributed by atoms with Crippen molar-refractivity contribution < 1.29 is 19.5 Å². The van der Waals surface area contributed by atoms with E-state index in [0.29, 0.717) is 21.3 Å². The van der Waals surface area contributed by atoms with Gasteiger partial charge in [0.1, 0.15) is 11.6 Å². The molecule has 0 aliphatic carbocycles. The molecule has 0 fully saturated rings. The van der Waals surface area contributed by atoms with Crippen LogP contribution in [0.4, 0.5) is 0 Å². The van der Waals surface area contributed by atoms with E-state index in [1.807, 2.05) is 0 Å². The molecule has 0 saturated carbocycles. The molecule has 1 aromatic carbocycles. The first-order valence-electron chi connectivity index (χ1n) is 6.85. The zero-order valence-electron chi connectivity index (χ0n) is 12.4. The molecular weight excluding hydrogens is 354 g/mol. The fourth-order valence-electron chi connectivity index (χ4n) is 2.02. The standard InChI is InChI=1S/C15H14ClN3O4S/c16-9-1-2-11(8(3-9)4-12(17)20)15-19-10(7-24-15)5-13(21)18-6-14(22)23/h1-3,7H,4-6H2,(H2,17,20)(H,18,21)(H,22,23). The van der Waals surface area contributed by atoms with Gasteiger partial charge in [0.2, 0.25) is 11.8 Å². The molecule has 0 spiro atoms. The van der Waals surface area contributed by atoms with Crippen molar-refractivity contribution in [2.24, 2.45) is 5.73 Å². The van der Waals surface area contributed by atoms with E-state index in [1.165, 1.54) is 11.3 Å². The van der Waals surface area contributed by atoms with Crippen LogP contribution in [0.25, 0.3) is 10.6 Å². The van der Waals surface area contributed by atoms with Crippen molar-refractivity contribution >= 4 is 40.7 Å². The van der Waals surface area contributed by atoms with Crippen molar-refractivity contribution in [2.75, 3.05) is 6.54 Å². The van der Waals surface area contributed by atoms with E-state index in [1.54, 1.807) is 23.6 Å². The average molecular weight is 368 g/mol. The molecule has 0 saturated heterocycles. The van der Waals surface area contributed by atoms with Crippen molar-refractivity contribution in [3.05, 3.63) is 39.9 Å². The first-order chi connectivity index (χ1) is 11.3. The molecule has 0 radical (unpaired) electrons. The smallest absolute Gasteiger partial charge is 0.322 e. The lowest BCUT2D eigenvalue weighted by Gasteiger charge is -2.06. The van der Waals surface area contributed by atoms with Crippen molar-refractivity contribution in [3.8, 4) is 10.6 Å². The van der Waals surface area contributed by atoms with Crippen molar-refractivity contribution in [1.29, 1.82) is 0 Å². The fourth-order valence-corrected chi connectivity index (χ4v) is 3.09. The number of carbonyl (C=O) groups excluding carboxylic acids is 2. The minimum Gasteiger partial charge on any atom is -0.480 e. The maximum Gasteiger partial charge on any atom is 0.322 e. The molecule has 0 aliphatic rings. The van der Waals surface area contributed by atoms with Crippen LogP contribution in [-0.2, 0) is 27.2 Å². The van der Waals surface area contributed by atoms with E-state index in [9.17, 15) is 14.4 Å². The molecule has 2 amide bonds. The number of amides is 2. The molecule has 9 heteroatoms. The number of nitrogens with zero attached hydrogens (tertiary/aromatic N) is 1. The molecule has 4 N–H and O–H groups in total. The zero-order valence-corrected chi connectivity index (χ0v) is 14.0. The Labute approximate surface area is 146 Å². The van der Waals surface area contributed by atoms with Crippen LogP contribution in [0.3, 0.4) is 0 Å². The number of benzene rings is 1. The van der Waals surface area contributed by atoms with E-state index in [2.05, 4.69) is 10.3 Å². The van der Waals surface area contributed by atoms with Crippen LogP contribution in [0.15, 0.2) is 23.6 Å². The monoisotopic (exact) mass is 367 g/mol. The number of thiazole rings is 1. The summed E-state index contributed by atoms with van der Waals surface area (Å²) < 4.78 is 0. The second-order valence-corrected chi connectivity index (χ2v) is 6.23. The predicted molar refractivity (Wildman–Crippen MR) is 89.8 cm³/mol. The topological polar surface area (TPSA) is 122 Å². The summed E-state index contributed by atoms with van der Waals surface area (Å²) in [6.07, 6.45) is 0.00638. The summed E-state index contributed by atoms with van der Waals surface area (Å²) in [7, 11) is 0. The molecule has 2 aromatic rings. The molecule has 0 aliphatic heterocycles. The second kappa shape index (κ2) is 7.89. The Bertz CT molecular complexity index is 791. The highest BCUT2D eigenvalue weighted by Crippen LogP contribution is 2.29. The highest BCUT2D eigenvalue weighted by atomic mass is 35.5. The van der Waals surface area contributed by atoms with Crippen LogP contribution in [0.1, 0.15) is 11.3 Å². The summed E-state index contributed by atoms with van der Waals surface area (Å²) in [4.78, 5) is 37.6. The van der Waals surface area contributed by atoms with Crippen LogP contribution in [0.5, 0.6) is 0 Å². The third-order valence-corrected chi connectivity index (χ3v) is 4.15. The summed E-state index contributed by atoms with van der Waals surface area (Å²) in [6, 6.07) is 5.08. The van der Waals surface area contributed by atoms with Crippen molar-refractivity contribution in [1.82, 2.24) is 10.3 Å². The number of nitrogens with two attached hydrogens (primary N) is 1. The van der Waals surface area contributed by atoms with Crippen LogP contribution >= 0.6 is 22.9 Å². The Balaban J connectivity index is 2.17. The lowest BCUT2D eigenvalue weighted by molar-refractivity contribution is -0.137. The molecule has 126 valence electrons. The van der Waals surface area contributed by atoms with Gasteiger partial charge in [0.15, 0.2) is 0 Å². The number of carbonyl (C=O) groups is 3. The number of primary amides is 1.